The summed E-state index contributed by atoms with van der Waals surface area (Å²) in [4.78, 5) is 0. The normalized spacial score (nSPS) is 11.9. The molecule has 0 saturated carbocycles. The number of unbranched alkanes of at least 4 members (excludes halogenated alkanes) is 9. The molecular weight excluding hydrogens is 232 g/mol. The number of allylic oxidation sites excluding steroid dienone is 3. The summed E-state index contributed by atoms with van der Waals surface area (Å²) >= 11 is 0. The van der Waals surface area contributed by atoms with Crippen molar-refractivity contribution in [2.24, 2.45) is 0 Å². The summed E-state index contributed by atoms with van der Waals surface area (Å²) in [5.74, 6) is 0. The lowest BCUT2D eigenvalue weighted by molar-refractivity contribution is 0.302. The van der Waals surface area contributed by atoms with Crippen LogP contribution in [0, 0.1) is 0 Å². The smallest absolute Gasteiger partial charge is 0.0465 e. The van der Waals surface area contributed by atoms with E-state index in [1.165, 1.54) is 70.6 Å². The van der Waals surface area contributed by atoms with E-state index in [2.05, 4.69) is 31.2 Å². The van der Waals surface area contributed by atoms with E-state index >= 15 is 0 Å². The first-order valence-electron chi connectivity index (χ1n) is 8.32. The van der Waals surface area contributed by atoms with Gasteiger partial charge in [-0.1, -0.05) is 69.8 Å². The zero-order chi connectivity index (χ0) is 14.0. The van der Waals surface area contributed by atoms with Crippen LogP contribution in [-0.4, -0.2) is 11.7 Å². The molecule has 0 fully saturated rings. The van der Waals surface area contributed by atoms with Crippen molar-refractivity contribution in [3.63, 3.8) is 0 Å². The van der Waals surface area contributed by atoms with Gasteiger partial charge in [-0.3, -0.25) is 0 Å². The number of hydrogen-bond acceptors (Lipinski definition) is 1. The summed E-state index contributed by atoms with van der Waals surface area (Å²) in [5.41, 5.74) is 0. The molecule has 0 aliphatic carbocycles. The van der Waals surface area contributed by atoms with Crippen LogP contribution >= 0.6 is 0 Å². The maximum atomic E-state index is 8.61. The van der Waals surface area contributed by atoms with Crippen molar-refractivity contribution in [2.75, 3.05) is 6.61 Å². The molecule has 0 atom stereocenters. The van der Waals surface area contributed by atoms with Crippen LogP contribution in [0.2, 0.25) is 0 Å². The van der Waals surface area contributed by atoms with Gasteiger partial charge in [-0.05, 0) is 38.5 Å². The van der Waals surface area contributed by atoms with Gasteiger partial charge in [0.1, 0.15) is 0 Å². The highest BCUT2D eigenvalue weighted by molar-refractivity contribution is 4.81. The maximum absolute atomic E-state index is 8.61. The second kappa shape index (κ2) is 17.4. The first kappa shape index (κ1) is 18.4. The van der Waals surface area contributed by atoms with Crippen LogP contribution in [0.5, 0.6) is 0 Å². The lowest BCUT2D eigenvalue weighted by Crippen LogP contribution is -1.80. The predicted octanol–water partition coefficient (Wildman–Crippen LogP) is 5.79. The molecule has 0 aromatic carbocycles. The predicted molar refractivity (Wildman–Crippen MR) is 86.4 cm³/mol. The van der Waals surface area contributed by atoms with Gasteiger partial charge in [0.05, 0.1) is 0 Å². The minimum Gasteiger partial charge on any atom is -0.396 e. The molecule has 0 rings (SSSR count). The van der Waals surface area contributed by atoms with Crippen molar-refractivity contribution in [1.82, 2.24) is 0 Å². The Hall–Kier alpha value is -0.560. The third-order valence-corrected chi connectivity index (χ3v) is 3.35. The molecule has 0 spiro atoms. The van der Waals surface area contributed by atoms with Crippen LogP contribution in [0.4, 0.5) is 0 Å². The van der Waals surface area contributed by atoms with Gasteiger partial charge in [0, 0.05) is 6.61 Å². The molecule has 0 aromatic rings. The summed E-state index contributed by atoms with van der Waals surface area (Å²) in [6.45, 7) is 2.53. The average Bonchev–Trinajstić information content (AvgIpc) is 2.43. The highest BCUT2D eigenvalue weighted by Crippen LogP contribution is 2.09. The van der Waals surface area contributed by atoms with Crippen molar-refractivity contribution < 1.29 is 5.11 Å². The fourth-order valence-electron chi connectivity index (χ4n) is 2.10. The molecule has 0 aromatic heterocycles. The Morgan fingerprint density at radius 3 is 1.47 bits per heavy atom. The molecular formula is C18H34O. The fraction of sp³-hybridized carbons (Fsp3) is 0.778. The van der Waals surface area contributed by atoms with Crippen LogP contribution in [0.15, 0.2) is 24.3 Å². The lowest BCUT2D eigenvalue weighted by Gasteiger charge is -1.99. The fourth-order valence-corrected chi connectivity index (χ4v) is 2.10. The average molecular weight is 266 g/mol. The standard InChI is InChI=1S/C18H34O/c1-2-3-4-5-6-7-8-9-10-11-12-13-14-15-16-17-18-19/h5-6,15-16,19H,2-4,7-14,17-18H2,1H3/b6-5?,16-15-. The number of aliphatic hydroxyl groups excluding tert-OH is 1. The zero-order valence-electron chi connectivity index (χ0n) is 12.9. The van der Waals surface area contributed by atoms with E-state index in [4.69, 9.17) is 5.11 Å². The quantitative estimate of drug-likeness (QED) is 0.311. The second-order valence-electron chi connectivity index (χ2n) is 5.30. The molecule has 0 bridgehead atoms. The van der Waals surface area contributed by atoms with E-state index in [0.717, 1.165) is 6.42 Å². The van der Waals surface area contributed by atoms with E-state index < -0.39 is 0 Å². The third kappa shape index (κ3) is 17.4. The van der Waals surface area contributed by atoms with Crippen LogP contribution in [0.1, 0.15) is 84.0 Å². The maximum Gasteiger partial charge on any atom is 0.0465 e. The number of rotatable bonds is 14. The molecule has 0 aliphatic heterocycles. The molecule has 0 radical (unpaired) electrons. The summed E-state index contributed by atoms with van der Waals surface area (Å²) in [6.07, 6.45) is 24.4. The Morgan fingerprint density at radius 1 is 0.579 bits per heavy atom. The Labute approximate surface area is 120 Å². The molecule has 0 amide bonds. The van der Waals surface area contributed by atoms with Crippen LogP contribution < -0.4 is 0 Å². The SMILES string of the molecule is CCCCC=CCCCCCCCC/C=C\CCO. The Morgan fingerprint density at radius 2 is 1.00 bits per heavy atom. The Kier molecular flexibility index (Phi) is 16.9. The monoisotopic (exact) mass is 266 g/mol. The Balaban J connectivity index is 3.04. The van der Waals surface area contributed by atoms with Crippen LogP contribution in [-0.2, 0) is 0 Å². The second-order valence-corrected chi connectivity index (χ2v) is 5.30. The van der Waals surface area contributed by atoms with Gasteiger partial charge in [0.15, 0.2) is 0 Å². The van der Waals surface area contributed by atoms with Crippen molar-refractivity contribution >= 4 is 0 Å². The van der Waals surface area contributed by atoms with Gasteiger partial charge < -0.3 is 5.11 Å². The van der Waals surface area contributed by atoms with Crippen LogP contribution in [0.25, 0.3) is 0 Å². The highest BCUT2D eigenvalue weighted by atomic mass is 16.2. The molecule has 1 nitrogen and oxygen atoms in total. The minimum atomic E-state index is 0.281. The molecule has 0 unspecified atom stereocenters. The molecule has 0 heterocycles. The van der Waals surface area contributed by atoms with E-state index in [0.29, 0.717) is 0 Å². The van der Waals surface area contributed by atoms with Gasteiger partial charge >= 0.3 is 0 Å². The van der Waals surface area contributed by atoms with Gasteiger partial charge in [-0.25, -0.2) is 0 Å². The first-order valence-corrected chi connectivity index (χ1v) is 8.32. The minimum absolute atomic E-state index is 0.281. The van der Waals surface area contributed by atoms with E-state index in [-0.39, 0.29) is 6.61 Å². The molecule has 0 aliphatic rings. The van der Waals surface area contributed by atoms with Crippen molar-refractivity contribution in [3.8, 4) is 0 Å². The molecule has 0 saturated heterocycles. The topological polar surface area (TPSA) is 20.2 Å². The number of hydrogen-bond donors (Lipinski definition) is 1. The van der Waals surface area contributed by atoms with Crippen molar-refractivity contribution in [3.05, 3.63) is 24.3 Å². The molecule has 112 valence electrons. The van der Waals surface area contributed by atoms with Gasteiger partial charge in [-0.2, -0.15) is 0 Å². The Bertz CT molecular complexity index is 206. The largest absolute Gasteiger partial charge is 0.396 e. The van der Waals surface area contributed by atoms with Gasteiger partial charge in [-0.15, -0.1) is 0 Å². The summed E-state index contributed by atoms with van der Waals surface area (Å²) in [7, 11) is 0. The first-order chi connectivity index (χ1) is 9.41. The molecule has 1 heteroatoms. The number of aliphatic hydroxyl groups is 1. The van der Waals surface area contributed by atoms with Crippen molar-refractivity contribution in [2.45, 2.75) is 84.0 Å². The van der Waals surface area contributed by atoms with Crippen LogP contribution in [0.3, 0.4) is 0 Å². The lowest BCUT2D eigenvalue weighted by atomic mass is 10.1. The zero-order valence-corrected chi connectivity index (χ0v) is 12.9. The van der Waals surface area contributed by atoms with Gasteiger partial charge in [0.2, 0.25) is 0 Å². The van der Waals surface area contributed by atoms with E-state index in [1.807, 2.05) is 0 Å². The van der Waals surface area contributed by atoms with E-state index in [1.54, 1.807) is 0 Å². The summed E-state index contributed by atoms with van der Waals surface area (Å²) < 4.78 is 0. The van der Waals surface area contributed by atoms with Gasteiger partial charge in [0.25, 0.3) is 0 Å². The van der Waals surface area contributed by atoms with E-state index in [9.17, 15) is 0 Å². The highest BCUT2D eigenvalue weighted by Gasteiger charge is 1.90. The molecule has 1 N–H and O–H groups in total. The third-order valence-electron chi connectivity index (χ3n) is 3.35. The summed E-state index contributed by atoms with van der Waals surface area (Å²) in [5, 5.41) is 8.61. The summed E-state index contributed by atoms with van der Waals surface area (Å²) in [6, 6.07) is 0. The molecule has 19 heavy (non-hydrogen) atoms. The van der Waals surface area contributed by atoms with Crippen molar-refractivity contribution in [1.29, 1.82) is 0 Å².